The smallest absolute Gasteiger partial charge is 0.429 e. The molecule has 3 N–H and O–H groups in total. The summed E-state index contributed by atoms with van der Waals surface area (Å²) in [4.78, 5) is 39.5. The summed E-state index contributed by atoms with van der Waals surface area (Å²) in [7, 11) is 0. The molecule has 4 aromatic carbocycles. The number of amides is 3. The van der Waals surface area contributed by atoms with Crippen molar-refractivity contribution in [2.75, 3.05) is 0 Å². The Morgan fingerprint density at radius 3 is 1.75 bits per heavy atom. The first-order chi connectivity index (χ1) is 21.3. The van der Waals surface area contributed by atoms with Crippen LogP contribution >= 0.6 is 0 Å². The lowest BCUT2D eigenvalue weighted by Crippen LogP contribution is -2.60. The highest BCUT2D eigenvalue weighted by atomic mass is 19.1. The monoisotopic (exact) mass is 603 g/mol. The zero-order valence-corrected chi connectivity index (χ0v) is 23.6. The van der Waals surface area contributed by atoms with Crippen LogP contribution in [-0.2, 0) is 40.4 Å². The Kier molecular flexibility index (Phi) is 11.4. The lowest BCUT2D eigenvalue weighted by atomic mass is 9.99. The average Bonchev–Trinajstić information content (AvgIpc) is 3.03. The lowest BCUT2D eigenvalue weighted by Gasteiger charge is -2.33. The van der Waals surface area contributed by atoms with E-state index in [0.29, 0.717) is 22.2 Å². The second-order valence-electron chi connectivity index (χ2n) is 9.78. The molecule has 0 aromatic heterocycles. The van der Waals surface area contributed by atoms with Gasteiger partial charge in [-0.3, -0.25) is 4.79 Å². The van der Waals surface area contributed by atoms with Crippen molar-refractivity contribution in [3.63, 3.8) is 0 Å². The van der Waals surface area contributed by atoms with Crippen LogP contribution < -0.4 is 10.7 Å². The van der Waals surface area contributed by atoms with Gasteiger partial charge >= 0.3 is 12.2 Å². The van der Waals surface area contributed by atoms with Gasteiger partial charge in [-0.05, 0) is 40.8 Å². The van der Waals surface area contributed by atoms with Crippen molar-refractivity contribution >= 4 is 18.1 Å². The number of hydrogen-bond acceptors (Lipinski definition) is 6. The first-order valence-corrected chi connectivity index (χ1v) is 13.7. The average molecular weight is 604 g/mol. The molecule has 9 nitrogen and oxygen atoms in total. The van der Waals surface area contributed by atoms with Gasteiger partial charge in [0.25, 0.3) is 5.91 Å². The summed E-state index contributed by atoms with van der Waals surface area (Å²) < 4.78 is 38.9. The summed E-state index contributed by atoms with van der Waals surface area (Å²) in [6.45, 7) is -0.322. The Labute approximate surface area is 253 Å². The molecule has 0 aliphatic heterocycles. The topological polar surface area (TPSA) is 117 Å². The van der Waals surface area contributed by atoms with Crippen molar-refractivity contribution in [2.24, 2.45) is 0 Å². The normalized spacial score (nSPS) is 12.0. The quantitative estimate of drug-likeness (QED) is 0.207. The van der Waals surface area contributed by atoms with Gasteiger partial charge in [0.05, 0.1) is 6.04 Å². The van der Waals surface area contributed by atoms with Crippen LogP contribution in [0, 0.1) is 11.6 Å². The molecule has 0 spiro atoms. The van der Waals surface area contributed by atoms with Crippen molar-refractivity contribution < 1.29 is 37.7 Å². The zero-order valence-electron chi connectivity index (χ0n) is 23.6. The summed E-state index contributed by atoms with van der Waals surface area (Å²) in [5.41, 5.74) is 4.27. The van der Waals surface area contributed by atoms with Crippen LogP contribution in [0.4, 0.5) is 18.4 Å². The Balaban J connectivity index is 1.60. The summed E-state index contributed by atoms with van der Waals surface area (Å²) in [5, 5.41) is 14.4. The first-order valence-electron chi connectivity index (χ1n) is 13.7. The van der Waals surface area contributed by atoms with Gasteiger partial charge in [-0.15, -0.1) is 0 Å². The summed E-state index contributed by atoms with van der Waals surface area (Å²) >= 11 is 0. The van der Waals surface area contributed by atoms with E-state index in [9.17, 15) is 28.3 Å². The number of rotatable bonds is 11. The van der Waals surface area contributed by atoms with Crippen LogP contribution in [-0.4, -0.2) is 40.4 Å². The molecule has 228 valence electrons. The van der Waals surface area contributed by atoms with Crippen LogP contribution in [0.25, 0.3) is 0 Å². The molecule has 11 heteroatoms. The van der Waals surface area contributed by atoms with E-state index in [0.717, 1.165) is 17.7 Å². The fourth-order valence-electron chi connectivity index (χ4n) is 4.29. The van der Waals surface area contributed by atoms with Crippen molar-refractivity contribution in [2.45, 2.75) is 38.3 Å². The van der Waals surface area contributed by atoms with Crippen LogP contribution in [0.1, 0.15) is 22.3 Å². The molecule has 0 bridgehead atoms. The number of carbonyl (C=O) groups is 3. The number of aliphatic hydroxyl groups excluding tert-OH is 1. The number of hydrazine groups is 1. The zero-order chi connectivity index (χ0) is 31.3. The van der Waals surface area contributed by atoms with Crippen molar-refractivity contribution in [1.29, 1.82) is 0 Å². The van der Waals surface area contributed by atoms with E-state index < -0.39 is 48.3 Å². The van der Waals surface area contributed by atoms with Gasteiger partial charge < -0.3 is 19.9 Å². The number of ether oxygens (including phenoxy) is 2. The highest BCUT2D eigenvalue weighted by Gasteiger charge is 2.37. The van der Waals surface area contributed by atoms with E-state index in [1.807, 2.05) is 0 Å². The fraction of sp³-hybridized carbons (Fsp3) is 0.182. The Hall–Kier alpha value is -5.29. The molecule has 1 unspecified atom stereocenters. The van der Waals surface area contributed by atoms with Crippen LogP contribution in [0.15, 0.2) is 109 Å². The SMILES string of the molecule is O=C(NN(C(=O)OCc1ccccc1)[C@@H](Cc1cc(F)cc(F)c1)C(O)C(=O)NCc1ccccc1)OCc1ccccc1. The van der Waals surface area contributed by atoms with Gasteiger partial charge in [0.1, 0.15) is 24.8 Å². The van der Waals surface area contributed by atoms with Gasteiger partial charge in [-0.1, -0.05) is 91.0 Å². The maximum Gasteiger partial charge on any atom is 0.429 e. The number of benzene rings is 4. The summed E-state index contributed by atoms with van der Waals surface area (Å²) in [6, 6.07) is 27.3. The van der Waals surface area contributed by atoms with E-state index in [-0.39, 0.29) is 25.3 Å². The standard InChI is InChI=1S/C33H31F2N3O6/c34-27-16-26(17-28(35)19-27)18-29(30(39)31(40)36-20-23-10-4-1-5-11-23)38(33(42)44-22-25-14-8-3-9-15-25)37-32(41)43-21-24-12-6-2-7-13-24/h1-17,19,29-30,39H,18,20-22H2,(H,36,40)(H,37,41)/t29-,30?/m0/s1. The molecular formula is C33H31F2N3O6. The number of aliphatic hydroxyl groups is 1. The number of nitrogens with one attached hydrogen (secondary N) is 2. The molecule has 0 radical (unpaired) electrons. The molecule has 2 atom stereocenters. The van der Waals surface area contributed by atoms with E-state index >= 15 is 0 Å². The van der Waals surface area contributed by atoms with Crippen molar-refractivity contribution in [3.05, 3.63) is 143 Å². The Morgan fingerprint density at radius 2 is 1.20 bits per heavy atom. The Morgan fingerprint density at radius 1 is 0.705 bits per heavy atom. The van der Waals surface area contributed by atoms with Crippen LogP contribution in [0.2, 0.25) is 0 Å². The predicted octanol–water partition coefficient (Wildman–Crippen LogP) is 5.03. The minimum atomic E-state index is -1.98. The van der Waals surface area contributed by atoms with Crippen LogP contribution in [0.3, 0.4) is 0 Å². The van der Waals surface area contributed by atoms with E-state index in [2.05, 4.69) is 10.7 Å². The lowest BCUT2D eigenvalue weighted by molar-refractivity contribution is -0.133. The number of carbonyl (C=O) groups excluding carboxylic acids is 3. The first kappa shape index (κ1) is 31.6. The molecule has 0 aliphatic rings. The molecule has 0 fully saturated rings. The second-order valence-corrected chi connectivity index (χ2v) is 9.78. The second kappa shape index (κ2) is 15.8. The highest BCUT2D eigenvalue weighted by molar-refractivity contribution is 5.83. The van der Waals surface area contributed by atoms with E-state index in [1.165, 1.54) is 0 Å². The van der Waals surface area contributed by atoms with Gasteiger partial charge in [-0.2, -0.15) is 0 Å². The van der Waals surface area contributed by atoms with Crippen molar-refractivity contribution in [3.8, 4) is 0 Å². The minimum Gasteiger partial charge on any atom is -0.443 e. The third kappa shape index (κ3) is 9.63. The molecular weight excluding hydrogens is 572 g/mol. The summed E-state index contributed by atoms with van der Waals surface area (Å²) in [5.74, 6) is -2.72. The largest absolute Gasteiger partial charge is 0.443 e. The fourth-order valence-corrected chi connectivity index (χ4v) is 4.29. The molecule has 0 saturated carbocycles. The molecule has 0 heterocycles. The molecule has 0 aliphatic carbocycles. The molecule has 4 aromatic rings. The third-order valence-corrected chi connectivity index (χ3v) is 6.47. The Bertz CT molecular complexity index is 1510. The van der Waals surface area contributed by atoms with E-state index in [1.54, 1.807) is 91.0 Å². The third-order valence-electron chi connectivity index (χ3n) is 6.47. The predicted molar refractivity (Wildman–Crippen MR) is 156 cm³/mol. The van der Waals surface area contributed by atoms with Gasteiger partial charge in [0.15, 0.2) is 6.10 Å². The van der Waals surface area contributed by atoms with Gasteiger partial charge in [0.2, 0.25) is 0 Å². The highest BCUT2D eigenvalue weighted by Crippen LogP contribution is 2.17. The number of hydrogen-bond donors (Lipinski definition) is 3. The van der Waals surface area contributed by atoms with Crippen LogP contribution in [0.5, 0.6) is 0 Å². The molecule has 3 amide bonds. The van der Waals surface area contributed by atoms with Crippen molar-refractivity contribution in [1.82, 2.24) is 15.8 Å². The number of nitrogens with zero attached hydrogens (tertiary/aromatic N) is 1. The molecule has 4 rings (SSSR count). The van der Waals surface area contributed by atoms with Gasteiger partial charge in [0, 0.05) is 12.6 Å². The molecule has 0 saturated heterocycles. The number of halogens is 2. The van der Waals surface area contributed by atoms with E-state index in [4.69, 9.17) is 9.47 Å². The van der Waals surface area contributed by atoms with Gasteiger partial charge in [-0.25, -0.2) is 28.8 Å². The summed E-state index contributed by atoms with van der Waals surface area (Å²) in [6.07, 6.45) is -4.68. The molecule has 44 heavy (non-hydrogen) atoms. The maximum absolute atomic E-state index is 14.1. The minimum absolute atomic E-state index is 0.00252. The maximum atomic E-state index is 14.1.